The molecule has 1 saturated heterocycles. The third-order valence-corrected chi connectivity index (χ3v) is 1.40. The van der Waals surface area contributed by atoms with Crippen LogP contribution in [0, 0.1) is 0 Å². The zero-order valence-corrected chi connectivity index (χ0v) is 9.98. The fraction of sp³-hybridized carbons (Fsp3) is 0.857. The Hall–Kier alpha value is 0.630. The Bertz CT molecular complexity index is 141. The van der Waals surface area contributed by atoms with Crippen molar-refractivity contribution in [3.63, 3.8) is 0 Å². The van der Waals surface area contributed by atoms with Crippen LogP contribution in [0.4, 0.5) is 0 Å². The van der Waals surface area contributed by atoms with E-state index in [0.29, 0.717) is 0 Å². The number of carbonyl (C=O) groups is 1. The Morgan fingerprint density at radius 2 is 1.62 bits per heavy atom. The first-order valence-electron chi connectivity index (χ1n) is 3.92. The topological polar surface area (TPSA) is 29.1 Å². The zero-order chi connectivity index (χ0) is 10.3. The van der Waals surface area contributed by atoms with Gasteiger partial charge >= 0.3 is 0 Å². The van der Waals surface area contributed by atoms with Crippen molar-refractivity contribution in [1.29, 1.82) is 0 Å². The third kappa shape index (κ3) is 15.4. The number of hydrogen-bond donors (Lipinski definition) is 1. The van der Waals surface area contributed by atoms with Gasteiger partial charge in [0.1, 0.15) is 0 Å². The monoisotopic (exact) mass is 265 g/mol. The first kappa shape index (κ1) is 13.6. The van der Waals surface area contributed by atoms with Crippen LogP contribution in [0.1, 0.15) is 25.7 Å². The molecule has 0 aromatic heterocycles. The Kier molecular flexibility index (Phi) is 7.33. The molecule has 1 N–H and O–H groups in total. The quantitative estimate of drug-likeness (QED) is 0.671. The predicted octanol–water partition coefficient (Wildman–Crippen LogP) is 3.23. The minimum absolute atomic E-state index is 0.225. The van der Waals surface area contributed by atoms with Crippen LogP contribution < -0.4 is 5.32 Å². The molecular weight excluding hydrogens is 256 g/mol. The summed E-state index contributed by atoms with van der Waals surface area (Å²) in [4.78, 5) is 10.6. The fourth-order valence-electron chi connectivity index (χ4n) is 0.904. The van der Waals surface area contributed by atoms with E-state index in [9.17, 15) is 4.79 Å². The molecule has 2 nitrogen and oxygen atoms in total. The highest BCUT2D eigenvalue weighted by molar-refractivity contribution is 6.83. The molecule has 1 fully saturated rings. The van der Waals surface area contributed by atoms with Crippen LogP contribution >= 0.6 is 46.4 Å². The minimum atomic E-state index is -1.61. The van der Waals surface area contributed by atoms with E-state index in [4.69, 9.17) is 46.4 Å². The van der Waals surface area contributed by atoms with Crippen molar-refractivity contribution < 1.29 is 4.79 Å². The molecule has 13 heavy (non-hydrogen) atoms. The van der Waals surface area contributed by atoms with Gasteiger partial charge in [-0.05, 0) is 12.8 Å². The molecule has 0 aliphatic carbocycles. The second-order valence-corrected chi connectivity index (χ2v) is 6.02. The van der Waals surface area contributed by atoms with Crippen molar-refractivity contribution in [2.75, 3.05) is 6.54 Å². The number of alkyl halides is 4. The van der Waals surface area contributed by atoms with E-state index in [1.54, 1.807) is 0 Å². The van der Waals surface area contributed by atoms with E-state index in [1.807, 2.05) is 0 Å². The molecule has 78 valence electrons. The lowest BCUT2D eigenvalue weighted by atomic mass is 10.2. The van der Waals surface area contributed by atoms with Crippen molar-refractivity contribution in [1.82, 2.24) is 5.32 Å². The summed E-state index contributed by atoms with van der Waals surface area (Å²) < 4.78 is -1.61. The summed E-state index contributed by atoms with van der Waals surface area (Å²) in [6, 6.07) is 0. The first-order valence-corrected chi connectivity index (χ1v) is 5.43. The third-order valence-electron chi connectivity index (χ3n) is 1.40. The zero-order valence-electron chi connectivity index (χ0n) is 6.96. The van der Waals surface area contributed by atoms with Crippen LogP contribution in [0.25, 0.3) is 0 Å². The van der Waals surface area contributed by atoms with Gasteiger partial charge < -0.3 is 5.32 Å². The normalized spacial score (nSPS) is 18.0. The van der Waals surface area contributed by atoms with Gasteiger partial charge in [0.2, 0.25) is 5.91 Å². The maximum atomic E-state index is 10.6. The summed E-state index contributed by atoms with van der Waals surface area (Å²) in [5.41, 5.74) is 0. The summed E-state index contributed by atoms with van der Waals surface area (Å²) in [5, 5.41) is 2.81. The molecule has 0 saturated carbocycles. The van der Waals surface area contributed by atoms with Crippen LogP contribution in [-0.4, -0.2) is 15.7 Å². The lowest BCUT2D eigenvalue weighted by Crippen LogP contribution is -2.21. The van der Waals surface area contributed by atoms with E-state index in [2.05, 4.69) is 5.32 Å². The highest BCUT2D eigenvalue weighted by Gasteiger charge is 2.11. The largest absolute Gasteiger partial charge is 0.356 e. The molecule has 0 atom stereocenters. The molecule has 1 amide bonds. The standard InChI is InChI=1S/C6H11NO.CCl4/c8-6-4-2-1-3-5-7-6;2-1(3,4)5/h1-5H2,(H,7,8);. The molecule has 0 spiro atoms. The first-order chi connectivity index (χ1) is 5.89. The SMILES string of the molecule is ClC(Cl)(Cl)Cl.O=C1CCCCCN1. The number of amides is 1. The van der Waals surface area contributed by atoms with Gasteiger partial charge in [-0.2, -0.15) is 0 Å². The van der Waals surface area contributed by atoms with E-state index in [0.717, 1.165) is 25.8 Å². The highest BCUT2D eigenvalue weighted by Crippen LogP contribution is 2.29. The molecule has 0 aromatic carbocycles. The van der Waals surface area contributed by atoms with Gasteiger partial charge in [-0.1, -0.05) is 52.8 Å². The maximum Gasteiger partial charge on any atom is 0.266 e. The fourth-order valence-corrected chi connectivity index (χ4v) is 0.904. The number of hydrogen-bond acceptors (Lipinski definition) is 1. The molecule has 1 aliphatic rings. The second kappa shape index (κ2) is 6.99. The molecular formula is C7H11Cl4NO. The van der Waals surface area contributed by atoms with Crippen LogP contribution in [0.2, 0.25) is 0 Å². The lowest BCUT2D eigenvalue weighted by Gasteiger charge is -1.93. The van der Waals surface area contributed by atoms with Crippen molar-refractivity contribution in [2.24, 2.45) is 0 Å². The number of rotatable bonds is 0. The maximum absolute atomic E-state index is 10.6. The Morgan fingerprint density at radius 3 is 2.15 bits per heavy atom. The average molecular weight is 267 g/mol. The van der Waals surface area contributed by atoms with E-state index < -0.39 is 3.25 Å². The summed E-state index contributed by atoms with van der Waals surface area (Å²) in [6.07, 6.45) is 4.18. The van der Waals surface area contributed by atoms with Crippen molar-refractivity contribution >= 4 is 52.3 Å². The van der Waals surface area contributed by atoms with Gasteiger partial charge in [-0.25, -0.2) is 0 Å². The Morgan fingerprint density at radius 1 is 1.08 bits per heavy atom. The number of carbonyl (C=O) groups excluding carboxylic acids is 1. The van der Waals surface area contributed by atoms with Crippen LogP contribution in [0.15, 0.2) is 0 Å². The average Bonchev–Trinajstić information content (AvgIpc) is 2.12. The summed E-state index contributed by atoms with van der Waals surface area (Å²) >= 11 is 19.3. The summed E-state index contributed by atoms with van der Waals surface area (Å²) in [6.45, 7) is 0.888. The van der Waals surface area contributed by atoms with Gasteiger partial charge in [0.05, 0.1) is 0 Å². The highest BCUT2D eigenvalue weighted by atomic mass is 35.6. The van der Waals surface area contributed by atoms with Gasteiger partial charge in [-0.15, -0.1) is 0 Å². The van der Waals surface area contributed by atoms with E-state index in [-0.39, 0.29) is 5.91 Å². The van der Waals surface area contributed by atoms with E-state index in [1.165, 1.54) is 6.42 Å². The van der Waals surface area contributed by atoms with Crippen LogP contribution in [-0.2, 0) is 4.79 Å². The number of nitrogens with one attached hydrogen (secondary N) is 1. The summed E-state index contributed by atoms with van der Waals surface area (Å²) in [5.74, 6) is 0.225. The van der Waals surface area contributed by atoms with Gasteiger partial charge in [0, 0.05) is 13.0 Å². The van der Waals surface area contributed by atoms with Gasteiger partial charge in [0.15, 0.2) is 0 Å². The summed E-state index contributed by atoms with van der Waals surface area (Å²) in [7, 11) is 0. The molecule has 6 heteroatoms. The second-order valence-electron chi connectivity index (χ2n) is 2.59. The Labute approximate surface area is 97.9 Å². The lowest BCUT2D eigenvalue weighted by molar-refractivity contribution is -0.120. The molecule has 0 radical (unpaired) electrons. The minimum Gasteiger partial charge on any atom is -0.356 e. The van der Waals surface area contributed by atoms with Gasteiger partial charge in [-0.3, -0.25) is 4.79 Å². The van der Waals surface area contributed by atoms with Crippen molar-refractivity contribution in [2.45, 2.75) is 28.9 Å². The van der Waals surface area contributed by atoms with Crippen molar-refractivity contribution in [3.8, 4) is 0 Å². The molecule has 0 aromatic rings. The number of halogens is 4. The van der Waals surface area contributed by atoms with Crippen LogP contribution in [0.5, 0.6) is 0 Å². The molecule has 1 heterocycles. The van der Waals surface area contributed by atoms with Gasteiger partial charge in [0.25, 0.3) is 3.25 Å². The molecule has 0 unspecified atom stereocenters. The van der Waals surface area contributed by atoms with Crippen LogP contribution in [0.3, 0.4) is 0 Å². The van der Waals surface area contributed by atoms with E-state index >= 15 is 0 Å². The molecule has 1 aliphatic heterocycles. The van der Waals surface area contributed by atoms with Crippen molar-refractivity contribution in [3.05, 3.63) is 0 Å². The smallest absolute Gasteiger partial charge is 0.266 e. The molecule has 1 rings (SSSR count). The Balaban J connectivity index is 0.000000252. The predicted molar refractivity (Wildman–Crippen MR) is 57.6 cm³/mol. The molecule has 0 bridgehead atoms.